The van der Waals surface area contributed by atoms with Gasteiger partial charge in [-0.3, -0.25) is 0 Å². The van der Waals surface area contributed by atoms with Gasteiger partial charge in [0.25, 0.3) is 0 Å². The lowest BCUT2D eigenvalue weighted by Gasteiger charge is -2.24. The molecule has 0 saturated heterocycles. The minimum Gasteiger partial charge on any atom is -0.358 e. The van der Waals surface area contributed by atoms with Crippen molar-refractivity contribution in [3.63, 3.8) is 0 Å². The van der Waals surface area contributed by atoms with Crippen molar-refractivity contribution in [1.29, 1.82) is 5.26 Å². The van der Waals surface area contributed by atoms with Gasteiger partial charge in [0.15, 0.2) is 0 Å². The third kappa shape index (κ3) is 2.56. The van der Waals surface area contributed by atoms with Gasteiger partial charge in [-0.1, -0.05) is 39.0 Å². The van der Waals surface area contributed by atoms with Crippen LogP contribution in [0.1, 0.15) is 44.4 Å². The van der Waals surface area contributed by atoms with Crippen molar-refractivity contribution in [2.24, 2.45) is 5.41 Å². The Labute approximate surface area is 115 Å². The number of fused-ring (bicyclic) bond motifs is 1. The van der Waals surface area contributed by atoms with E-state index in [2.05, 4.69) is 51.7 Å². The van der Waals surface area contributed by atoms with Crippen LogP contribution in [0, 0.1) is 16.7 Å². The third-order valence-electron chi connectivity index (χ3n) is 3.51. The average molecular weight is 252 g/mol. The van der Waals surface area contributed by atoms with Gasteiger partial charge in [0.2, 0.25) is 0 Å². The van der Waals surface area contributed by atoms with Crippen LogP contribution in [0.3, 0.4) is 0 Å². The minimum atomic E-state index is 0.0121. The van der Waals surface area contributed by atoms with Gasteiger partial charge in [-0.15, -0.1) is 0 Å². The molecule has 0 atom stereocenters. The zero-order valence-corrected chi connectivity index (χ0v) is 12.1. The molecule has 0 heterocycles. The molecule has 1 aliphatic rings. The molecule has 0 amide bonds. The molecule has 2 nitrogen and oxygen atoms in total. The Hall–Kier alpha value is -2.01. The normalized spacial score (nSPS) is 13.5. The number of nitrogens with one attached hydrogen (secondary N) is 1. The lowest BCUT2D eigenvalue weighted by atomic mass is 9.92. The topological polar surface area (TPSA) is 35.8 Å². The Kier molecular flexibility index (Phi) is 3.24. The fourth-order valence-electron chi connectivity index (χ4n) is 2.16. The van der Waals surface area contributed by atoms with Gasteiger partial charge >= 0.3 is 0 Å². The minimum absolute atomic E-state index is 0.0121. The molecule has 1 aromatic rings. The first-order valence-corrected chi connectivity index (χ1v) is 6.52. The molecule has 0 bridgehead atoms. The number of rotatable bonds is 2. The Balaban J connectivity index is 2.42. The molecule has 1 N–H and O–H groups in total. The molecule has 0 radical (unpaired) electrons. The van der Waals surface area contributed by atoms with Gasteiger partial charge in [-0.05, 0) is 31.0 Å². The summed E-state index contributed by atoms with van der Waals surface area (Å²) in [4.78, 5) is 0. The molecule has 98 valence electrons. The molecular weight excluding hydrogens is 232 g/mol. The fourth-order valence-corrected chi connectivity index (χ4v) is 2.16. The molecule has 2 rings (SSSR count). The molecule has 1 aliphatic carbocycles. The summed E-state index contributed by atoms with van der Waals surface area (Å²) in [6, 6.07) is 6.14. The second-order valence-electron chi connectivity index (χ2n) is 6.19. The summed E-state index contributed by atoms with van der Waals surface area (Å²) in [6.45, 7) is 12.6. The van der Waals surface area contributed by atoms with Crippen molar-refractivity contribution in [2.45, 2.75) is 34.1 Å². The Morgan fingerprint density at radius 1 is 1.37 bits per heavy atom. The summed E-state index contributed by atoms with van der Waals surface area (Å²) < 4.78 is 0. The Bertz CT molecular complexity index is 607. The second kappa shape index (κ2) is 4.59. The van der Waals surface area contributed by atoms with Gasteiger partial charge < -0.3 is 5.32 Å². The number of allylic oxidation sites excluding steroid dienone is 2. The highest BCUT2D eigenvalue weighted by Gasteiger charge is 2.20. The molecule has 1 aromatic carbocycles. The van der Waals surface area contributed by atoms with Crippen molar-refractivity contribution in [2.75, 3.05) is 5.32 Å². The summed E-state index contributed by atoms with van der Waals surface area (Å²) in [7, 11) is 0. The first-order chi connectivity index (χ1) is 8.82. The number of nitriles is 1. The van der Waals surface area contributed by atoms with Crippen LogP contribution in [0.25, 0.3) is 6.08 Å². The SMILES string of the molecule is C=C(Nc1ccc(C#N)c2c1C=C(C)C2)C(C)(C)C. The molecule has 0 saturated carbocycles. The predicted octanol–water partition coefficient (Wildman–Crippen LogP) is 4.49. The Morgan fingerprint density at radius 3 is 2.63 bits per heavy atom. The molecule has 0 fully saturated rings. The first-order valence-electron chi connectivity index (χ1n) is 6.52. The van der Waals surface area contributed by atoms with Crippen LogP contribution < -0.4 is 5.32 Å². The van der Waals surface area contributed by atoms with E-state index in [0.717, 1.165) is 34.5 Å². The van der Waals surface area contributed by atoms with Crippen LogP contribution in [0.2, 0.25) is 0 Å². The maximum atomic E-state index is 9.18. The number of hydrogen-bond acceptors (Lipinski definition) is 2. The van der Waals surface area contributed by atoms with Crippen molar-refractivity contribution < 1.29 is 0 Å². The number of anilines is 1. The van der Waals surface area contributed by atoms with Crippen LogP contribution in [0.5, 0.6) is 0 Å². The van der Waals surface area contributed by atoms with Crippen molar-refractivity contribution >= 4 is 11.8 Å². The first kappa shape index (κ1) is 13.4. The lowest BCUT2D eigenvalue weighted by Crippen LogP contribution is -2.16. The molecule has 19 heavy (non-hydrogen) atoms. The quantitative estimate of drug-likeness (QED) is 0.841. The van der Waals surface area contributed by atoms with E-state index in [4.69, 9.17) is 0 Å². The summed E-state index contributed by atoms with van der Waals surface area (Å²) in [5.41, 5.74) is 6.38. The number of benzene rings is 1. The monoisotopic (exact) mass is 252 g/mol. The maximum Gasteiger partial charge on any atom is 0.0994 e. The lowest BCUT2D eigenvalue weighted by molar-refractivity contribution is 0.509. The van der Waals surface area contributed by atoms with Gasteiger partial charge in [0, 0.05) is 22.4 Å². The van der Waals surface area contributed by atoms with Crippen LogP contribution >= 0.6 is 0 Å². The van der Waals surface area contributed by atoms with E-state index in [1.807, 2.05) is 12.1 Å². The van der Waals surface area contributed by atoms with Gasteiger partial charge in [-0.2, -0.15) is 5.26 Å². The van der Waals surface area contributed by atoms with Crippen LogP contribution in [0.15, 0.2) is 30.0 Å². The van der Waals surface area contributed by atoms with Gasteiger partial charge in [-0.25, -0.2) is 0 Å². The molecule has 0 aromatic heterocycles. The third-order valence-corrected chi connectivity index (χ3v) is 3.51. The van der Waals surface area contributed by atoms with Crippen molar-refractivity contribution in [1.82, 2.24) is 0 Å². The van der Waals surface area contributed by atoms with Gasteiger partial charge in [0.1, 0.15) is 0 Å². The molecule has 0 aliphatic heterocycles. The molecule has 0 spiro atoms. The van der Waals surface area contributed by atoms with E-state index in [1.54, 1.807) is 0 Å². The highest BCUT2D eigenvalue weighted by molar-refractivity contribution is 5.78. The molecule has 2 heteroatoms. The summed E-state index contributed by atoms with van der Waals surface area (Å²) in [5, 5.41) is 12.6. The molecule has 0 unspecified atom stereocenters. The van der Waals surface area contributed by atoms with Crippen molar-refractivity contribution in [3.8, 4) is 6.07 Å². The van der Waals surface area contributed by atoms with E-state index < -0.39 is 0 Å². The van der Waals surface area contributed by atoms with E-state index in [-0.39, 0.29) is 5.41 Å². The average Bonchev–Trinajstić information content (AvgIpc) is 2.70. The van der Waals surface area contributed by atoms with E-state index >= 15 is 0 Å². The highest BCUT2D eigenvalue weighted by atomic mass is 14.9. The Morgan fingerprint density at radius 2 is 2.05 bits per heavy atom. The van der Waals surface area contributed by atoms with Crippen LogP contribution in [0.4, 0.5) is 5.69 Å². The fraction of sp³-hybridized carbons (Fsp3) is 0.353. The zero-order valence-electron chi connectivity index (χ0n) is 12.1. The van der Waals surface area contributed by atoms with E-state index in [9.17, 15) is 5.26 Å². The smallest absolute Gasteiger partial charge is 0.0994 e. The number of hydrogen-bond donors (Lipinski definition) is 1. The molecular formula is C17H20N2. The zero-order chi connectivity index (χ0) is 14.2. The van der Waals surface area contributed by atoms with Crippen LogP contribution in [-0.2, 0) is 6.42 Å². The van der Waals surface area contributed by atoms with Crippen molar-refractivity contribution in [3.05, 3.63) is 46.7 Å². The standard InChI is InChI=1S/C17H20N2/c1-11-8-14-13(10-18)6-7-16(15(14)9-11)19-12(2)17(3,4)5/h6-7,9,19H,2,8H2,1,3-5H3. The van der Waals surface area contributed by atoms with E-state index in [0.29, 0.717) is 0 Å². The number of nitrogens with zero attached hydrogens (tertiary/aromatic N) is 1. The van der Waals surface area contributed by atoms with Gasteiger partial charge in [0.05, 0.1) is 11.6 Å². The summed E-state index contributed by atoms with van der Waals surface area (Å²) in [6.07, 6.45) is 3.03. The summed E-state index contributed by atoms with van der Waals surface area (Å²) in [5.74, 6) is 0. The predicted molar refractivity (Wildman–Crippen MR) is 80.7 cm³/mol. The summed E-state index contributed by atoms with van der Waals surface area (Å²) >= 11 is 0. The maximum absolute atomic E-state index is 9.18. The van der Waals surface area contributed by atoms with E-state index in [1.165, 1.54) is 5.57 Å². The largest absolute Gasteiger partial charge is 0.358 e. The second-order valence-corrected chi connectivity index (χ2v) is 6.19. The highest BCUT2D eigenvalue weighted by Crippen LogP contribution is 2.35. The van der Waals surface area contributed by atoms with Crippen LogP contribution in [-0.4, -0.2) is 0 Å².